The van der Waals surface area contributed by atoms with Gasteiger partial charge in [0, 0.05) is 87.3 Å². The van der Waals surface area contributed by atoms with Crippen molar-refractivity contribution in [1.29, 1.82) is 0 Å². The normalized spacial score (nSPS) is 24.9. The first-order chi connectivity index (χ1) is 48.3. The molecule has 2 heterocycles. The zero-order chi connectivity index (χ0) is 77.0. The highest BCUT2D eigenvalue weighted by Gasteiger charge is 2.51. The molecule has 566 valence electrons. The first-order valence-electron chi connectivity index (χ1n) is 35.2. The van der Waals surface area contributed by atoms with Crippen LogP contribution in [0.15, 0.2) is 66.7 Å². The lowest BCUT2D eigenvalue weighted by molar-refractivity contribution is -0.160. The molecule has 0 radical (unpaired) electrons. The van der Waals surface area contributed by atoms with Gasteiger partial charge in [-0.2, -0.15) is 13.2 Å². The third-order valence-corrected chi connectivity index (χ3v) is 21.8. The molecule has 3 aromatic carbocycles. The van der Waals surface area contributed by atoms with E-state index in [1.165, 1.54) is 106 Å². The molecule has 1 saturated carbocycles. The van der Waals surface area contributed by atoms with Gasteiger partial charge < -0.3 is 60.0 Å². The highest BCUT2D eigenvalue weighted by Crippen LogP contribution is 2.37. The number of nitrogens with one attached hydrogen (secondary N) is 3. The van der Waals surface area contributed by atoms with Gasteiger partial charge in [-0.05, 0) is 107 Å². The van der Waals surface area contributed by atoms with E-state index in [4.69, 9.17) is 23.2 Å². The van der Waals surface area contributed by atoms with Crippen LogP contribution >= 0.6 is 23.2 Å². The third-order valence-electron chi connectivity index (χ3n) is 21.1. The Bertz CT molecular complexity index is 3620. The van der Waals surface area contributed by atoms with Gasteiger partial charge in [-0.15, -0.1) is 0 Å². The van der Waals surface area contributed by atoms with E-state index in [-0.39, 0.29) is 68.6 Å². The van der Waals surface area contributed by atoms with E-state index in [1.54, 1.807) is 71.0 Å². The zero-order valence-corrected chi connectivity index (χ0v) is 63.6. The lowest BCUT2D eigenvalue weighted by Crippen LogP contribution is -2.66. The van der Waals surface area contributed by atoms with Gasteiger partial charge in [0.1, 0.15) is 59.9 Å². The maximum atomic E-state index is 15.7. The fourth-order valence-electron chi connectivity index (χ4n) is 13.6. The summed E-state index contributed by atoms with van der Waals surface area (Å²) >= 11 is 13.0. The molecule has 3 aromatic rings. The molecule has 1 spiro atoms. The molecular weight excluding hydrogens is 1380 g/mol. The molecule has 0 unspecified atom stereocenters. The van der Waals surface area contributed by atoms with Gasteiger partial charge in [0.05, 0.1) is 23.6 Å². The third kappa shape index (κ3) is 19.7. The molecule has 29 heteroatoms. The summed E-state index contributed by atoms with van der Waals surface area (Å²) in [5.41, 5.74) is -0.650. The highest BCUT2D eigenvalue weighted by molar-refractivity contribution is 6.31. The van der Waals surface area contributed by atoms with Crippen LogP contribution in [0.4, 0.5) is 13.2 Å². The van der Waals surface area contributed by atoms with Crippen molar-refractivity contribution in [2.75, 3.05) is 76.0 Å². The van der Waals surface area contributed by atoms with Gasteiger partial charge in [0.15, 0.2) is 0 Å². The summed E-state index contributed by atoms with van der Waals surface area (Å²) in [7, 11) is 11.1. The zero-order valence-electron chi connectivity index (χ0n) is 62.1. The smallest absolute Gasteiger partial charge is 0.347 e. The van der Waals surface area contributed by atoms with Crippen LogP contribution in [0.25, 0.3) is 0 Å². The molecular formula is C74H103Cl2F3N12O12. The van der Waals surface area contributed by atoms with Crippen molar-refractivity contribution in [2.45, 2.75) is 199 Å². The molecule has 11 atom stereocenters. The number of amides is 12. The Morgan fingerprint density at radius 2 is 1.27 bits per heavy atom. The van der Waals surface area contributed by atoms with Crippen molar-refractivity contribution in [3.05, 3.63) is 105 Å². The van der Waals surface area contributed by atoms with Crippen molar-refractivity contribution < 1.29 is 70.7 Å². The van der Waals surface area contributed by atoms with Crippen LogP contribution in [0.1, 0.15) is 134 Å². The lowest BCUT2D eigenvalue weighted by Gasteiger charge is -2.45. The number of aryl methyl sites for hydroxylation is 2. The molecule has 24 nitrogen and oxygen atoms in total. The fraction of sp³-hybridized carbons (Fsp3) is 0.595. The van der Waals surface area contributed by atoms with Gasteiger partial charge in [0.2, 0.25) is 70.9 Å². The Kier molecular flexibility index (Phi) is 29.2. The Labute approximate surface area is 612 Å². The number of nitrogens with zero attached hydrogens (tertiary/aromatic N) is 9. The Hall–Kier alpha value is -8.33. The summed E-state index contributed by atoms with van der Waals surface area (Å²) in [6.45, 7) is 12.6. The number of hydrogen-bond donors (Lipinski definition) is 3. The van der Waals surface area contributed by atoms with E-state index in [0.717, 1.165) is 32.4 Å². The second kappa shape index (κ2) is 35.9. The van der Waals surface area contributed by atoms with Crippen LogP contribution in [0.2, 0.25) is 10.0 Å². The molecule has 3 aliphatic rings. The fourth-order valence-corrected chi connectivity index (χ4v) is 14.1. The van der Waals surface area contributed by atoms with E-state index in [9.17, 15) is 46.7 Å². The number of alkyl halides is 3. The second-order valence-electron chi connectivity index (χ2n) is 28.2. The summed E-state index contributed by atoms with van der Waals surface area (Å²) in [5.74, 6) is -9.94. The number of fused-ring (bicyclic) bond motifs is 1. The average Bonchev–Trinajstić information content (AvgIpc) is 1.01. The summed E-state index contributed by atoms with van der Waals surface area (Å²) in [6, 6.07) is 4.78. The SMILES string of the molecule is CC[C@H](C)[C@@H]1NC(=O)[C@H](C)N(C)C(=O)C[C@@H](C(=O)N(C)C)N(C)C(=O)[C@H]([C@@H](C)CC)N(C)C(=O)C2(CCCC2)NC(=O)[C@H](Cc2ccccc2Cl)N(CC)C(=O)[C@H](CCc2ccc(C(F)(F)F)c(Cl)c2)NC(=O)CN(C)C(=O)[C@H](Cc2ccc(C)cc2)N(C)C(=O)[C@@H]2CCN2C(=O)[C@H](C)N(C)C1=O. The topological polar surface area (TPSA) is 270 Å². The molecule has 1 aliphatic carbocycles. The maximum Gasteiger partial charge on any atom is 0.417 e. The van der Waals surface area contributed by atoms with Gasteiger partial charge in [0.25, 0.3) is 0 Å². The number of hydrogen-bond acceptors (Lipinski definition) is 12. The Balaban J connectivity index is 1.50. The van der Waals surface area contributed by atoms with Gasteiger partial charge in [-0.25, -0.2) is 0 Å². The largest absolute Gasteiger partial charge is 0.417 e. The first-order valence-corrected chi connectivity index (χ1v) is 36.0. The molecule has 6 rings (SSSR count). The minimum Gasteiger partial charge on any atom is -0.347 e. The molecule has 12 amide bonds. The Morgan fingerprint density at radius 3 is 1.83 bits per heavy atom. The van der Waals surface area contributed by atoms with Gasteiger partial charge >= 0.3 is 6.18 Å². The number of likely N-dealkylation sites (N-methyl/N-ethyl adjacent to an activating group) is 8. The predicted molar refractivity (Wildman–Crippen MR) is 383 cm³/mol. The van der Waals surface area contributed by atoms with Crippen LogP contribution in [-0.2, 0) is 83.0 Å². The molecule has 0 aromatic heterocycles. The van der Waals surface area contributed by atoms with E-state index >= 15 is 24.0 Å². The Morgan fingerprint density at radius 1 is 0.660 bits per heavy atom. The standard InChI is InChI=1S/C74H103Cl2F3N12O12/c1-17-44(5)61-70(101)86(13)47(8)65(96)91-37-34-55(91)69(100)87(14)57(39-49-28-26-43(4)27-29-49)68(99)84(11)42-59(92)80-54(33-31-48-30-32-51(53(76)38-48)74(77,78)79)66(97)90(19-3)56(40-50-24-20-21-25-52(50)75)64(95)82-73(35-22-23-36-73)72(103)89(16)62(45(6)18-2)71(102)88(15)58(67(98)83(9)10)41-60(93)85(12)46(7)63(94)81-61/h20-21,24-30,32,38,44-47,54-58,61-62H,17-19,22-23,31,33-37,39-42H2,1-16H3,(H,80,92)(H,81,94)(H,82,95)/t44-,45-,46-,47-,54-,55-,56-,57-,58-,61-,62-/m0/s1. The molecule has 2 saturated heterocycles. The highest BCUT2D eigenvalue weighted by atomic mass is 35.5. The van der Waals surface area contributed by atoms with E-state index in [2.05, 4.69) is 16.0 Å². The summed E-state index contributed by atoms with van der Waals surface area (Å²) in [4.78, 5) is 190. The minimum atomic E-state index is -4.80. The van der Waals surface area contributed by atoms with Crippen LogP contribution < -0.4 is 16.0 Å². The first kappa shape index (κ1) is 83.6. The van der Waals surface area contributed by atoms with E-state index < -0.39 is 172 Å². The number of halogens is 5. The lowest BCUT2D eigenvalue weighted by atomic mass is 9.90. The number of carbonyl (C=O) groups is 12. The maximum absolute atomic E-state index is 15.7. The quantitative estimate of drug-likeness (QED) is 0.173. The summed E-state index contributed by atoms with van der Waals surface area (Å²) in [5, 5.41) is 8.18. The van der Waals surface area contributed by atoms with Gasteiger partial charge in [-0.1, -0.05) is 131 Å². The number of benzene rings is 3. The van der Waals surface area contributed by atoms with E-state index in [0.29, 0.717) is 36.8 Å². The second-order valence-corrected chi connectivity index (χ2v) is 29.0. The monoisotopic (exact) mass is 1480 g/mol. The molecule has 3 N–H and O–H groups in total. The van der Waals surface area contributed by atoms with Crippen molar-refractivity contribution in [3.63, 3.8) is 0 Å². The number of rotatable bonds is 13. The van der Waals surface area contributed by atoms with Crippen LogP contribution in [0.3, 0.4) is 0 Å². The van der Waals surface area contributed by atoms with Crippen molar-refractivity contribution in [3.8, 4) is 0 Å². The molecule has 3 fully saturated rings. The van der Waals surface area contributed by atoms with Crippen LogP contribution in [-0.4, -0.2) is 251 Å². The van der Waals surface area contributed by atoms with Gasteiger partial charge in [-0.3, -0.25) is 57.5 Å². The summed E-state index contributed by atoms with van der Waals surface area (Å²) < 4.78 is 42.0. The molecule has 0 bridgehead atoms. The predicted octanol–water partition coefficient (Wildman–Crippen LogP) is 6.17. The molecule has 103 heavy (non-hydrogen) atoms. The minimum absolute atomic E-state index is 0.0716. The van der Waals surface area contributed by atoms with Crippen LogP contribution in [0, 0.1) is 18.8 Å². The molecule has 2 aliphatic heterocycles. The van der Waals surface area contributed by atoms with Crippen molar-refractivity contribution >= 4 is 94.1 Å². The number of carbonyl (C=O) groups excluding carboxylic acids is 12. The summed E-state index contributed by atoms with van der Waals surface area (Å²) in [6.07, 6.45) is -4.36. The average molecular weight is 1480 g/mol. The van der Waals surface area contributed by atoms with E-state index in [1.807, 2.05) is 19.1 Å². The van der Waals surface area contributed by atoms with Crippen LogP contribution in [0.5, 0.6) is 0 Å². The van der Waals surface area contributed by atoms with Crippen molar-refractivity contribution in [1.82, 2.24) is 60.0 Å². The van der Waals surface area contributed by atoms with Crippen molar-refractivity contribution in [2.24, 2.45) is 11.8 Å².